The molecule has 7 nitrogen and oxygen atoms in total. The molecular formula is C22H24BrN5O2. The van der Waals surface area contributed by atoms with E-state index in [0.717, 1.165) is 21.4 Å². The number of aromatic nitrogens is 2. The molecule has 5 rings (SSSR count). The summed E-state index contributed by atoms with van der Waals surface area (Å²) in [5, 5.41) is 6.52. The topological polar surface area (TPSA) is 90.1 Å². The summed E-state index contributed by atoms with van der Waals surface area (Å²) in [5.74, 6) is -0.175. The zero-order chi connectivity index (χ0) is 21.3. The average Bonchev–Trinajstić information content (AvgIpc) is 3.40. The maximum Gasteiger partial charge on any atom is 0.247 e. The van der Waals surface area contributed by atoms with E-state index in [-0.39, 0.29) is 23.4 Å². The Morgan fingerprint density at radius 3 is 2.87 bits per heavy atom. The van der Waals surface area contributed by atoms with Crippen molar-refractivity contribution in [1.82, 2.24) is 20.2 Å². The van der Waals surface area contributed by atoms with Gasteiger partial charge < -0.3 is 20.5 Å². The van der Waals surface area contributed by atoms with Crippen LogP contribution in [0.5, 0.6) is 0 Å². The maximum absolute atomic E-state index is 13.6. The molecule has 2 fully saturated rings. The van der Waals surface area contributed by atoms with Crippen molar-refractivity contribution in [2.75, 3.05) is 5.32 Å². The fraction of sp³-hybridized carbons (Fsp3) is 0.409. The Balaban J connectivity index is 1.60. The number of fused-ring (bicyclic) bond motifs is 5. The summed E-state index contributed by atoms with van der Waals surface area (Å²) >= 11 is 3.60. The van der Waals surface area contributed by atoms with Gasteiger partial charge >= 0.3 is 0 Å². The van der Waals surface area contributed by atoms with Gasteiger partial charge in [-0.25, -0.2) is 4.98 Å². The van der Waals surface area contributed by atoms with E-state index in [1.165, 1.54) is 0 Å². The zero-order valence-electron chi connectivity index (χ0n) is 16.9. The van der Waals surface area contributed by atoms with Crippen LogP contribution < -0.4 is 10.6 Å². The normalized spacial score (nSPS) is 29.7. The maximum atomic E-state index is 13.6. The Bertz CT molecular complexity index is 1050. The minimum atomic E-state index is -0.617. The van der Waals surface area contributed by atoms with Crippen molar-refractivity contribution >= 4 is 33.4 Å². The fourth-order valence-electron chi connectivity index (χ4n) is 5.45. The molecule has 0 bridgehead atoms. The molecule has 3 aliphatic heterocycles. The van der Waals surface area contributed by atoms with E-state index < -0.39 is 17.5 Å². The van der Waals surface area contributed by atoms with Crippen molar-refractivity contribution in [3.63, 3.8) is 0 Å². The number of aromatic amines is 1. The molecule has 156 valence electrons. The number of allylic oxidation sites excluding steroid dienone is 1. The van der Waals surface area contributed by atoms with Gasteiger partial charge in [0.15, 0.2) is 0 Å². The van der Waals surface area contributed by atoms with Crippen LogP contribution in [0.1, 0.15) is 31.5 Å². The number of halogens is 1. The lowest BCUT2D eigenvalue weighted by atomic mass is 9.60. The van der Waals surface area contributed by atoms with Gasteiger partial charge in [0.25, 0.3) is 0 Å². The van der Waals surface area contributed by atoms with Gasteiger partial charge in [-0.2, -0.15) is 0 Å². The average molecular weight is 470 g/mol. The number of amides is 2. The first-order valence-corrected chi connectivity index (χ1v) is 10.9. The van der Waals surface area contributed by atoms with Gasteiger partial charge in [-0.3, -0.25) is 9.59 Å². The lowest BCUT2D eigenvalue weighted by molar-refractivity contribution is -0.148. The largest absolute Gasteiger partial charge is 0.364 e. The molecule has 4 atom stereocenters. The quantitative estimate of drug-likeness (QED) is 0.600. The molecule has 0 aliphatic carbocycles. The van der Waals surface area contributed by atoms with E-state index >= 15 is 0 Å². The summed E-state index contributed by atoms with van der Waals surface area (Å²) in [6.07, 6.45) is 5.82. The number of hydrogen-bond donors (Lipinski definition) is 3. The van der Waals surface area contributed by atoms with Crippen LogP contribution in [-0.2, 0) is 21.4 Å². The Morgan fingerprint density at radius 2 is 2.17 bits per heavy atom. The SMILES string of the molecule is C=CC(C)(C)C12CC3C(=O)NC(Cc4cnc[nH]4)C(=O)N3C1Nc1ccc(Br)cc12. The molecule has 8 heteroatoms. The number of imidazole rings is 1. The van der Waals surface area contributed by atoms with Crippen molar-refractivity contribution in [3.8, 4) is 0 Å². The Kier molecular flexibility index (Phi) is 4.16. The van der Waals surface area contributed by atoms with Crippen LogP contribution in [-0.4, -0.2) is 44.9 Å². The summed E-state index contributed by atoms with van der Waals surface area (Å²) in [6, 6.07) is 5.00. The Hall–Kier alpha value is -2.61. The second-order valence-corrected chi connectivity index (χ2v) is 9.86. The third kappa shape index (κ3) is 2.46. The van der Waals surface area contributed by atoms with Crippen molar-refractivity contribution in [2.45, 2.75) is 50.4 Å². The third-order valence-corrected chi connectivity index (χ3v) is 7.65. The standard InChI is InChI=1S/C22H24BrN5O2/c1-4-21(2,3)22-9-17-18(29)26-16(8-13-10-24-11-25-13)19(30)28(17)20(22)27-15-6-5-12(23)7-14(15)22/h4-7,10-11,16-17,20,27H,1,8-9H2,2-3H3,(H,24,25)(H,26,29). The van der Waals surface area contributed by atoms with E-state index in [1.54, 1.807) is 17.4 Å². The number of carbonyl (C=O) groups excluding carboxylic acids is 2. The molecule has 2 saturated heterocycles. The van der Waals surface area contributed by atoms with E-state index in [9.17, 15) is 9.59 Å². The van der Waals surface area contributed by atoms with Crippen LogP contribution in [0, 0.1) is 5.41 Å². The van der Waals surface area contributed by atoms with Gasteiger partial charge in [-0.1, -0.05) is 35.9 Å². The number of piperazine rings is 1. The van der Waals surface area contributed by atoms with Gasteiger partial charge in [0.05, 0.1) is 6.33 Å². The molecule has 0 saturated carbocycles. The van der Waals surface area contributed by atoms with E-state index in [4.69, 9.17) is 0 Å². The lowest BCUT2D eigenvalue weighted by Gasteiger charge is -2.44. The number of rotatable bonds is 4. The van der Waals surface area contributed by atoms with Crippen LogP contribution in [0.25, 0.3) is 0 Å². The summed E-state index contributed by atoms with van der Waals surface area (Å²) in [6.45, 7) is 8.36. The number of carbonyl (C=O) groups is 2. The van der Waals surface area contributed by atoms with E-state index in [1.807, 2.05) is 18.2 Å². The molecule has 30 heavy (non-hydrogen) atoms. The third-order valence-electron chi connectivity index (χ3n) is 7.16. The molecule has 0 spiro atoms. The number of nitrogens with one attached hydrogen (secondary N) is 3. The van der Waals surface area contributed by atoms with Crippen LogP contribution in [0.2, 0.25) is 0 Å². The molecule has 4 heterocycles. The number of H-pyrrole nitrogens is 1. The minimum Gasteiger partial charge on any atom is -0.364 e. The minimum absolute atomic E-state index is 0.0692. The first kappa shape index (κ1) is 19.4. The second-order valence-electron chi connectivity index (χ2n) is 8.94. The summed E-state index contributed by atoms with van der Waals surface area (Å²) in [7, 11) is 0. The molecule has 0 radical (unpaired) electrons. The summed E-state index contributed by atoms with van der Waals surface area (Å²) in [5.41, 5.74) is 2.12. The number of hydrogen-bond acceptors (Lipinski definition) is 4. The highest BCUT2D eigenvalue weighted by Crippen LogP contribution is 2.60. The molecule has 1 aromatic carbocycles. The van der Waals surface area contributed by atoms with Crippen molar-refractivity contribution < 1.29 is 9.59 Å². The first-order valence-electron chi connectivity index (χ1n) is 10.1. The predicted octanol–water partition coefficient (Wildman–Crippen LogP) is 2.72. The Morgan fingerprint density at radius 1 is 1.37 bits per heavy atom. The van der Waals surface area contributed by atoms with E-state index in [0.29, 0.717) is 12.8 Å². The summed E-state index contributed by atoms with van der Waals surface area (Å²) in [4.78, 5) is 35.5. The van der Waals surface area contributed by atoms with E-state index in [2.05, 4.69) is 63.0 Å². The summed E-state index contributed by atoms with van der Waals surface area (Å²) < 4.78 is 0.973. The molecule has 2 amide bonds. The van der Waals surface area contributed by atoms with Gasteiger partial charge in [0, 0.05) is 33.9 Å². The van der Waals surface area contributed by atoms with Crippen molar-refractivity contribution in [3.05, 3.63) is 59.1 Å². The monoisotopic (exact) mass is 469 g/mol. The van der Waals surface area contributed by atoms with Gasteiger partial charge in [-0.15, -0.1) is 6.58 Å². The van der Waals surface area contributed by atoms with Gasteiger partial charge in [0.2, 0.25) is 11.8 Å². The number of nitrogens with zero attached hydrogens (tertiary/aromatic N) is 2. The van der Waals surface area contributed by atoms with Crippen LogP contribution >= 0.6 is 15.9 Å². The molecule has 4 unspecified atom stereocenters. The molecule has 3 aliphatic rings. The predicted molar refractivity (Wildman–Crippen MR) is 117 cm³/mol. The molecule has 3 N–H and O–H groups in total. The first-order chi connectivity index (χ1) is 14.3. The molecular weight excluding hydrogens is 446 g/mol. The highest BCUT2D eigenvalue weighted by Gasteiger charge is 2.67. The fourth-order valence-corrected chi connectivity index (χ4v) is 5.81. The molecule has 1 aromatic heterocycles. The highest BCUT2D eigenvalue weighted by molar-refractivity contribution is 9.10. The van der Waals surface area contributed by atoms with Gasteiger partial charge in [-0.05, 0) is 35.6 Å². The highest BCUT2D eigenvalue weighted by atomic mass is 79.9. The number of anilines is 1. The van der Waals surface area contributed by atoms with Crippen LogP contribution in [0.4, 0.5) is 5.69 Å². The molecule has 2 aromatic rings. The number of benzene rings is 1. The van der Waals surface area contributed by atoms with Crippen molar-refractivity contribution in [2.24, 2.45) is 5.41 Å². The zero-order valence-corrected chi connectivity index (χ0v) is 18.5. The lowest BCUT2D eigenvalue weighted by Crippen LogP contribution is -2.64. The van der Waals surface area contributed by atoms with Crippen molar-refractivity contribution in [1.29, 1.82) is 0 Å². The van der Waals surface area contributed by atoms with Crippen LogP contribution in [0.15, 0.2) is 47.9 Å². The van der Waals surface area contributed by atoms with Gasteiger partial charge in [0.1, 0.15) is 18.2 Å². The van der Waals surface area contributed by atoms with Crippen LogP contribution in [0.3, 0.4) is 0 Å². The Labute approximate surface area is 183 Å². The second kappa shape index (κ2) is 6.44. The smallest absolute Gasteiger partial charge is 0.247 e.